The van der Waals surface area contributed by atoms with Gasteiger partial charge < -0.3 is 9.88 Å². The van der Waals surface area contributed by atoms with E-state index in [-0.39, 0.29) is 0 Å². The minimum Gasteiger partial charge on any atom is -0.324 e. The molecule has 14 heavy (non-hydrogen) atoms. The lowest BCUT2D eigenvalue weighted by Crippen LogP contribution is -2.25. The van der Waals surface area contributed by atoms with Crippen LogP contribution in [0.25, 0.3) is 0 Å². The van der Waals surface area contributed by atoms with Gasteiger partial charge in [-0.25, -0.2) is 4.98 Å². The maximum atomic E-state index is 4.39. The van der Waals surface area contributed by atoms with Gasteiger partial charge in [0.1, 0.15) is 15.0 Å². The highest BCUT2D eigenvalue weighted by atomic mass is 79.9. The van der Waals surface area contributed by atoms with E-state index in [4.69, 9.17) is 0 Å². The largest absolute Gasteiger partial charge is 0.324 e. The van der Waals surface area contributed by atoms with Crippen LogP contribution in [-0.4, -0.2) is 15.6 Å². The van der Waals surface area contributed by atoms with E-state index < -0.39 is 0 Å². The van der Waals surface area contributed by atoms with Crippen LogP contribution in [0, 0.1) is 0 Å². The third-order valence-electron chi connectivity index (χ3n) is 2.30. The molecule has 0 spiro atoms. The van der Waals surface area contributed by atoms with Crippen molar-refractivity contribution >= 4 is 31.9 Å². The Morgan fingerprint density at radius 2 is 2.14 bits per heavy atom. The summed E-state index contributed by atoms with van der Waals surface area (Å²) in [6.07, 6.45) is 1.13. The normalized spacial score (nSPS) is 13.2. The molecule has 0 aromatic carbocycles. The summed E-state index contributed by atoms with van der Waals surface area (Å²) in [4.78, 5) is 4.39. The van der Waals surface area contributed by atoms with Gasteiger partial charge in [0.25, 0.3) is 0 Å². The molecule has 3 nitrogen and oxygen atoms in total. The van der Waals surface area contributed by atoms with Crippen LogP contribution < -0.4 is 5.32 Å². The summed E-state index contributed by atoms with van der Waals surface area (Å²) in [7, 11) is 2.00. The maximum Gasteiger partial charge on any atom is 0.139 e. The Labute approximate surface area is 102 Å². The van der Waals surface area contributed by atoms with Crippen LogP contribution >= 0.6 is 31.9 Å². The summed E-state index contributed by atoms with van der Waals surface area (Å²) in [5.41, 5.74) is 0. The van der Waals surface area contributed by atoms with Crippen LogP contribution in [0.5, 0.6) is 0 Å². The van der Waals surface area contributed by atoms with Gasteiger partial charge in [-0.1, -0.05) is 6.92 Å². The fourth-order valence-corrected chi connectivity index (χ4v) is 1.82. The zero-order chi connectivity index (χ0) is 10.7. The second kappa shape index (κ2) is 5.28. The molecular weight excluding hydrogens is 310 g/mol. The SMILES string of the molecule is CCC(C)NCc1nc(Br)c(Br)n1C. The Morgan fingerprint density at radius 3 is 2.57 bits per heavy atom. The van der Waals surface area contributed by atoms with Gasteiger partial charge in [-0.15, -0.1) is 0 Å². The minimum atomic E-state index is 0.532. The molecule has 1 heterocycles. The van der Waals surface area contributed by atoms with Crippen LogP contribution in [0.3, 0.4) is 0 Å². The van der Waals surface area contributed by atoms with Crippen molar-refractivity contribution in [3.63, 3.8) is 0 Å². The standard InChI is InChI=1S/C9H15Br2N3/c1-4-6(2)12-5-7-13-8(10)9(11)14(7)3/h6,12H,4-5H2,1-3H3. The Bertz CT molecular complexity index is 309. The Hall–Kier alpha value is 0.130. The molecule has 1 aromatic rings. The first-order valence-corrected chi connectivity index (χ1v) is 6.24. The van der Waals surface area contributed by atoms with E-state index in [0.29, 0.717) is 6.04 Å². The van der Waals surface area contributed by atoms with Crippen molar-refractivity contribution in [2.45, 2.75) is 32.9 Å². The van der Waals surface area contributed by atoms with Gasteiger partial charge in [0, 0.05) is 13.1 Å². The quantitative estimate of drug-likeness (QED) is 0.923. The average Bonchev–Trinajstić information content (AvgIpc) is 2.42. The fraction of sp³-hybridized carbons (Fsp3) is 0.667. The summed E-state index contributed by atoms with van der Waals surface area (Å²) in [5.74, 6) is 1.03. The lowest BCUT2D eigenvalue weighted by atomic mass is 10.2. The molecule has 0 aliphatic rings. The molecule has 0 saturated heterocycles. The van der Waals surface area contributed by atoms with Crippen LogP contribution in [0.1, 0.15) is 26.1 Å². The molecule has 80 valence electrons. The van der Waals surface area contributed by atoms with Crippen molar-refractivity contribution in [3.8, 4) is 0 Å². The molecule has 0 bridgehead atoms. The highest BCUT2D eigenvalue weighted by molar-refractivity contribution is 9.13. The number of nitrogens with one attached hydrogen (secondary N) is 1. The second-order valence-electron chi connectivity index (χ2n) is 3.36. The molecular formula is C9H15Br2N3. The smallest absolute Gasteiger partial charge is 0.139 e. The zero-order valence-corrected chi connectivity index (χ0v) is 11.8. The molecule has 1 aromatic heterocycles. The predicted octanol–water partition coefficient (Wildman–Crippen LogP) is 2.83. The van der Waals surface area contributed by atoms with E-state index in [0.717, 1.165) is 28.0 Å². The second-order valence-corrected chi connectivity index (χ2v) is 4.86. The van der Waals surface area contributed by atoms with Gasteiger partial charge in [-0.2, -0.15) is 0 Å². The average molecular weight is 325 g/mol. The van der Waals surface area contributed by atoms with Gasteiger partial charge in [0.05, 0.1) is 6.54 Å². The highest BCUT2D eigenvalue weighted by Gasteiger charge is 2.10. The Morgan fingerprint density at radius 1 is 1.50 bits per heavy atom. The lowest BCUT2D eigenvalue weighted by Gasteiger charge is -2.10. The van der Waals surface area contributed by atoms with Crippen LogP contribution in [0.2, 0.25) is 0 Å². The molecule has 1 unspecified atom stereocenters. The van der Waals surface area contributed by atoms with Gasteiger partial charge in [-0.3, -0.25) is 0 Å². The first-order valence-electron chi connectivity index (χ1n) is 4.66. The molecule has 0 aliphatic heterocycles. The van der Waals surface area contributed by atoms with E-state index in [9.17, 15) is 0 Å². The zero-order valence-electron chi connectivity index (χ0n) is 8.64. The topological polar surface area (TPSA) is 29.9 Å². The summed E-state index contributed by atoms with van der Waals surface area (Å²) in [6.45, 7) is 5.14. The van der Waals surface area contributed by atoms with Crippen molar-refractivity contribution in [2.75, 3.05) is 0 Å². The molecule has 0 aliphatic carbocycles. The Kier molecular flexibility index (Phi) is 4.60. The number of hydrogen-bond donors (Lipinski definition) is 1. The van der Waals surface area contributed by atoms with Crippen LogP contribution in [-0.2, 0) is 13.6 Å². The molecule has 0 amide bonds. The number of halogens is 2. The van der Waals surface area contributed by atoms with E-state index in [1.807, 2.05) is 11.6 Å². The monoisotopic (exact) mass is 323 g/mol. The van der Waals surface area contributed by atoms with Crippen LogP contribution in [0.15, 0.2) is 9.21 Å². The van der Waals surface area contributed by atoms with Gasteiger partial charge in [0.15, 0.2) is 0 Å². The molecule has 1 rings (SSSR count). The summed E-state index contributed by atoms with van der Waals surface area (Å²) >= 11 is 6.83. The number of imidazole rings is 1. The minimum absolute atomic E-state index is 0.532. The number of hydrogen-bond acceptors (Lipinski definition) is 2. The van der Waals surface area contributed by atoms with E-state index in [2.05, 4.69) is 56.0 Å². The van der Waals surface area contributed by atoms with Crippen molar-refractivity contribution in [3.05, 3.63) is 15.0 Å². The molecule has 5 heteroatoms. The molecule has 1 N–H and O–H groups in total. The van der Waals surface area contributed by atoms with Gasteiger partial charge in [0.2, 0.25) is 0 Å². The van der Waals surface area contributed by atoms with Crippen molar-refractivity contribution in [1.29, 1.82) is 0 Å². The third-order valence-corrected chi connectivity index (χ3v) is 4.29. The van der Waals surface area contributed by atoms with Crippen molar-refractivity contribution in [2.24, 2.45) is 7.05 Å². The van der Waals surface area contributed by atoms with E-state index in [1.54, 1.807) is 0 Å². The first kappa shape index (κ1) is 12.2. The van der Waals surface area contributed by atoms with Gasteiger partial charge >= 0.3 is 0 Å². The number of aromatic nitrogens is 2. The molecule has 1 atom stereocenters. The maximum absolute atomic E-state index is 4.39. The van der Waals surface area contributed by atoms with E-state index in [1.165, 1.54) is 0 Å². The summed E-state index contributed by atoms with van der Waals surface area (Å²) in [5, 5.41) is 3.40. The molecule has 0 fully saturated rings. The molecule has 0 saturated carbocycles. The van der Waals surface area contributed by atoms with E-state index >= 15 is 0 Å². The van der Waals surface area contributed by atoms with Crippen LogP contribution in [0.4, 0.5) is 0 Å². The van der Waals surface area contributed by atoms with Crippen molar-refractivity contribution < 1.29 is 0 Å². The summed E-state index contributed by atoms with van der Waals surface area (Å²) in [6, 6.07) is 0.532. The predicted molar refractivity (Wildman–Crippen MR) is 65.2 cm³/mol. The number of rotatable bonds is 4. The first-order chi connectivity index (χ1) is 6.56. The molecule has 0 radical (unpaired) electrons. The third kappa shape index (κ3) is 2.81. The van der Waals surface area contributed by atoms with Crippen molar-refractivity contribution in [1.82, 2.24) is 14.9 Å². The lowest BCUT2D eigenvalue weighted by molar-refractivity contribution is 0.515. The summed E-state index contributed by atoms with van der Waals surface area (Å²) < 4.78 is 3.87. The highest BCUT2D eigenvalue weighted by Crippen LogP contribution is 2.22. The number of nitrogens with zero attached hydrogens (tertiary/aromatic N) is 2. The van der Waals surface area contributed by atoms with Gasteiger partial charge in [-0.05, 0) is 45.2 Å². The Balaban J connectivity index is 2.63. The fourth-order valence-electron chi connectivity index (χ4n) is 1.05.